The highest BCUT2D eigenvalue weighted by molar-refractivity contribution is 5.79. The van der Waals surface area contributed by atoms with E-state index in [1.54, 1.807) is 12.2 Å². The number of allylic oxidation sites excluding steroid dienone is 3. The van der Waals surface area contributed by atoms with E-state index >= 15 is 0 Å². The zero-order valence-corrected chi connectivity index (χ0v) is 8.12. The van der Waals surface area contributed by atoms with E-state index in [1.165, 1.54) is 0 Å². The largest absolute Gasteiger partial charge is 0.508 e. The highest BCUT2D eigenvalue weighted by atomic mass is 16.3. The number of rotatable bonds is 2. The van der Waals surface area contributed by atoms with Gasteiger partial charge in [0.1, 0.15) is 5.76 Å². The van der Waals surface area contributed by atoms with E-state index in [-0.39, 0.29) is 0 Å². The second kappa shape index (κ2) is 4.65. The van der Waals surface area contributed by atoms with Crippen molar-refractivity contribution >= 4 is 5.71 Å². The number of nitrogens with zero attached hydrogens (tertiary/aromatic N) is 1. The Kier molecular flexibility index (Phi) is 3.50. The van der Waals surface area contributed by atoms with Crippen LogP contribution in [0.25, 0.3) is 0 Å². The molecule has 0 aromatic rings. The summed E-state index contributed by atoms with van der Waals surface area (Å²) in [6.45, 7) is 4.67. The van der Waals surface area contributed by atoms with Crippen molar-refractivity contribution in [1.29, 1.82) is 0 Å². The third-order valence-corrected chi connectivity index (χ3v) is 1.75. The van der Waals surface area contributed by atoms with Gasteiger partial charge in [0.15, 0.2) is 0 Å². The Morgan fingerprint density at radius 2 is 2.15 bits per heavy atom. The summed E-state index contributed by atoms with van der Waals surface area (Å²) in [6.07, 6.45) is 8.26. The summed E-state index contributed by atoms with van der Waals surface area (Å²) >= 11 is 0. The zero-order chi connectivity index (χ0) is 9.68. The van der Waals surface area contributed by atoms with Crippen LogP contribution in [0.15, 0.2) is 40.6 Å². The third kappa shape index (κ3) is 3.74. The van der Waals surface area contributed by atoms with Crippen LogP contribution in [-0.4, -0.2) is 17.4 Å². The lowest BCUT2D eigenvalue weighted by atomic mass is 10.2. The summed E-state index contributed by atoms with van der Waals surface area (Å²) in [5.74, 6) is 0.337. The van der Waals surface area contributed by atoms with Crippen LogP contribution in [0.3, 0.4) is 0 Å². The first-order valence-corrected chi connectivity index (χ1v) is 4.42. The van der Waals surface area contributed by atoms with Crippen LogP contribution in [0.5, 0.6) is 0 Å². The highest BCUT2D eigenvalue weighted by Gasteiger charge is 1.95. The maximum absolute atomic E-state index is 9.19. The molecule has 0 bridgehead atoms. The molecule has 70 valence electrons. The smallest absolute Gasteiger partial charge is 0.111 e. The minimum atomic E-state index is 0.337. The molecule has 0 fully saturated rings. The molecule has 1 N–H and O–H groups in total. The molecule has 1 rings (SSSR count). The molecule has 2 nitrogen and oxygen atoms in total. The molecule has 0 unspecified atom stereocenters. The van der Waals surface area contributed by atoms with Gasteiger partial charge in [-0.3, -0.25) is 4.99 Å². The van der Waals surface area contributed by atoms with E-state index < -0.39 is 0 Å². The van der Waals surface area contributed by atoms with Gasteiger partial charge in [0, 0.05) is 5.71 Å². The summed E-state index contributed by atoms with van der Waals surface area (Å²) in [5.41, 5.74) is 2.23. The van der Waals surface area contributed by atoms with E-state index in [1.807, 2.05) is 19.9 Å². The Morgan fingerprint density at radius 3 is 2.85 bits per heavy atom. The van der Waals surface area contributed by atoms with E-state index in [0.29, 0.717) is 12.3 Å². The summed E-state index contributed by atoms with van der Waals surface area (Å²) in [6, 6.07) is 0. The molecule has 0 aromatic heterocycles. The average molecular weight is 177 g/mol. The minimum Gasteiger partial charge on any atom is -0.508 e. The maximum atomic E-state index is 9.19. The number of aliphatic hydroxyl groups excluding tert-OH is 1. The summed E-state index contributed by atoms with van der Waals surface area (Å²) in [4.78, 5) is 4.31. The topological polar surface area (TPSA) is 32.6 Å². The second-order valence-electron chi connectivity index (χ2n) is 3.24. The van der Waals surface area contributed by atoms with Gasteiger partial charge in [0.25, 0.3) is 0 Å². The van der Waals surface area contributed by atoms with E-state index in [0.717, 1.165) is 17.7 Å². The number of hydrogen-bond donors (Lipinski definition) is 1. The van der Waals surface area contributed by atoms with Crippen molar-refractivity contribution in [2.45, 2.75) is 20.3 Å². The summed E-state index contributed by atoms with van der Waals surface area (Å²) < 4.78 is 0. The highest BCUT2D eigenvalue weighted by Crippen LogP contribution is 2.08. The van der Waals surface area contributed by atoms with Crippen molar-refractivity contribution < 1.29 is 5.11 Å². The third-order valence-electron chi connectivity index (χ3n) is 1.75. The lowest BCUT2D eigenvalue weighted by Crippen LogP contribution is -1.89. The first-order chi connectivity index (χ1) is 6.18. The molecule has 1 aliphatic carbocycles. The predicted octanol–water partition coefficient (Wildman–Crippen LogP) is 2.80. The SMILES string of the molecule is CC(C)=NCC1=CCC=C(O)C=C1. The molecule has 0 saturated heterocycles. The van der Waals surface area contributed by atoms with Gasteiger partial charge in [-0.2, -0.15) is 0 Å². The number of hydrogen-bond acceptors (Lipinski definition) is 2. The molecular weight excluding hydrogens is 162 g/mol. The van der Waals surface area contributed by atoms with Crippen molar-refractivity contribution in [2.75, 3.05) is 6.54 Å². The molecule has 0 heterocycles. The van der Waals surface area contributed by atoms with Crippen LogP contribution < -0.4 is 0 Å². The fraction of sp³-hybridized carbons (Fsp3) is 0.364. The van der Waals surface area contributed by atoms with Crippen molar-refractivity contribution in [2.24, 2.45) is 4.99 Å². The molecule has 0 radical (unpaired) electrons. The predicted molar refractivity (Wildman–Crippen MR) is 56.2 cm³/mol. The van der Waals surface area contributed by atoms with Crippen molar-refractivity contribution in [3.8, 4) is 0 Å². The standard InChI is InChI=1S/C11H15NO/c1-9(2)12-8-10-4-3-5-11(13)7-6-10/h4-7,13H,3,8H2,1-2H3. The lowest BCUT2D eigenvalue weighted by molar-refractivity contribution is 0.431. The van der Waals surface area contributed by atoms with Gasteiger partial charge in [-0.15, -0.1) is 0 Å². The Morgan fingerprint density at radius 1 is 1.38 bits per heavy atom. The Labute approximate surface area is 79.0 Å². The minimum absolute atomic E-state index is 0.337. The molecule has 0 amide bonds. The van der Waals surface area contributed by atoms with Crippen LogP contribution in [0, 0.1) is 0 Å². The Bertz CT molecular complexity index is 291. The van der Waals surface area contributed by atoms with Crippen LogP contribution in [0.1, 0.15) is 20.3 Å². The van der Waals surface area contributed by atoms with E-state index in [4.69, 9.17) is 0 Å². The van der Waals surface area contributed by atoms with Gasteiger partial charge in [-0.25, -0.2) is 0 Å². The molecule has 0 aliphatic heterocycles. The van der Waals surface area contributed by atoms with Crippen molar-refractivity contribution in [3.05, 3.63) is 35.6 Å². The number of aliphatic hydroxyl groups is 1. The first-order valence-electron chi connectivity index (χ1n) is 4.42. The van der Waals surface area contributed by atoms with Crippen LogP contribution in [0.2, 0.25) is 0 Å². The molecule has 0 aromatic carbocycles. The number of aliphatic imine (C=N–C) groups is 1. The van der Waals surface area contributed by atoms with Gasteiger partial charge < -0.3 is 5.11 Å². The van der Waals surface area contributed by atoms with Gasteiger partial charge in [-0.1, -0.05) is 12.2 Å². The van der Waals surface area contributed by atoms with Gasteiger partial charge >= 0.3 is 0 Å². The second-order valence-corrected chi connectivity index (χ2v) is 3.24. The molecule has 0 spiro atoms. The van der Waals surface area contributed by atoms with Crippen molar-refractivity contribution in [3.63, 3.8) is 0 Å². The average Bonchev–Trinajstić information content (AvgIpc) is 2.27. The monoisotopic (exact) mass is 177 g/mol. The molecular formula is C11H15NO. The Balaban J connectivity index is 2.59. The Hall–Kier alpha value is -1.31. The summed E-state index contributed by atoms with van der Waals surface area (Å²) in [5, 5.41) is 9.19. The van der Waals surface area contributed by atoms with Crippen LogP contribution in [0.4, 0.5) is 0 Å². The van der Waals surface area contributed by atoms with E-state index in [9.17, 15) is 5.11 Å². The lowest BCUT2D eigenvalue weighted by Gasteiger charge is -1.96. The molecule has 0 atom stereocenters. The van der Waals surface area contributed by atoms with Crippen molar-refractivity contribution in [1.82, 2.24) is 0 Å². The fourth-order valence-electron chi connectivity index (χ4n) is 1.03. The van der Waals surface area contributed by atoms with Gasteiger partial charge in [0.05, 0.1) is 6.54 Å². The first kappa shape index (κ1) is 9.78. The van der Waals surface area contributed by atoms with Gasteiger partial charge in [0.2, 0.25) is 0 Å². The summed E-state index contributed by atoms with van der Waals surface area (Å²) in [7, 11) is 0. The maximum Gasteiger partial charge on any atom is 0.111 e. The normalized spacial score (nSPS) is 15.8. The van der Waals surface area contributed by atoms with E-state index in [2.05, 4.69) is 11.1 Å². The quantitative estimate of drug-likeness (QED) is 0.646. The molecule has 0 saturated carbocycles. The zero-order valence-electron chi connectivity index (χ0n) is 8.12. The van der Waals surface area contributed by atoms with Gasteiger partial charge in [-0.05, 0) is 38.0 Å². The fourth-order valence-corrected chi connectivity index (χ4v) is 1.03. The van der Waals surface area contributed by atoms with Crippen LogP contribution >= 0.6 is 0 Å². The van der Waals surface area contributed by atoms with Crippen LogP contribution in [-0.2, 0) is 0 Å². The molecule has 1 aliphatic rings. The molecule has 13 heavy (non-hydrogen) atoms. The molecule has 2 heteroatoms.